The largest absolute Gasteiger partial charge is 0.494 e. The van der Waals surface area contributed by atoms with Gasteiger partial charge in [-0.1, -0.05) is 6.92 Å². The zero-order valence-electron chi connectivity index (χ0n) is 12.8. The quantitative estimate of drug-likeness (QED) is 0.888. The highest BCUT2D eigenvalue weighted by Gasteiger charge is 2.05. The first-order valence-electron chi connectivity index (χ1n) is 7.31. The molecule has 1 aromatic heterocycles. The van der Waals surface area contributed by atoms with Crippen LogP contribution in [0.4, 0.5) is 0 Å². The van der Waals surface area contributed by atoms with Crippen LogP contribution in [0.2, 0.25) is 0 Å². The summed E-state index contributed by atoms with van der Waals surface area (Å²) in [6, 6.07) is 9.57. The van der Waals surface area contributed by atoms with Gasteiger partial charge in [-0.3, -0.25) is 4.79 Å². The van der Waals surface area contributed by atoms with Gasteiger partial charge in [0, 0.05) is 35.8 Å². The smallest absolute Gasteiger partial charge is 0.186 e. The molecule has 1 N–H and O–H groups in total. The number of hydrogen-bond donors (Lipinski definition) is 1. The van der Waals surface area contributed by atoms with Crippen LogP contribution in [-0.2, 0) is 6.54 Å². The Labute approximate surface area is 125 Å². The summed E-state index contributed by atoms with van der Waals surface area (Å²) in [5, 5.41) is 3.20. The van der Waals surface area contributed by atoms with E-state index in [0.29, 0.717) is 13.2 Å². The van der Waals surface area contributed by atoms with E-state index in [2.05, 4.69) is 5.32 Å². The molecule has 0 radical (unpaired) electrons. The van der Waals surface area contributed by atoms with E-state index in [1.807, 2.05) is 55.8 Å². The minimum atomic E-state index is 0.0793. The Hall–Kier alpha value is -2.07. The van der Waals surface area contributed by atoms with Crippen molar-refractivity contribution < 1.29 is 4.74 Å². The summed E-state index contributed by atoms with van der Waals surface area (Å²) < 4.78 is 7.49. The Morgan fingerprint density at radius 1 is 1.19 bits per heavy atom. The van der Waals surface area contributed by atoms with Gasteiger partial charge in [-0.25, -0.2) is 0 Å². The molecule has 4 heteroatoms. The van der Waals surface area contributed by atoms with Gasteiger partial charge in [0.1, 0.15) is 5.75 Å². The maximum absolute atomic E-state index is 12.0. The number of pyridine rings is 1. The van der Waals surface area contributed by atoms with Crippen molar-refractivity contribution >= 4 is 0 Å². The fourth-order valence-electron chi connectivity index (χ4n) is 2.21. The SMILES string of the molecule is CCNCc1cn(-c2ccc(OCC)cc2)c(C)cc1=O. The van der Waals surface area contributed by atoms with Crippen molar-refractivity contribution in [2.24, 2.45) is 0 Å². The van der Waals surface area contributed by atoms with Gasteiger partial charge in [-0.2, -0.15) is 0 Å². The van der Waals surface area contributed by atoms with Crippen molar-refractivity contribution in [3.05, 3.63) is 58.0 Å². The standard InChI is InChI=1S/C17H22N2O2/c1-4-18-11-14-12-19(13(3)10-17(14)20)15-6-8-16(9-7-15)21-5-2/h6-10,12,18H,4-5,11H2,1-3H3. The summed E-state index contributed by atoms with van der Waals surface area (Å²) in [4.78, 5) is 12.0. The second-order valence-corrected chi connectivity index (χ2v) is 4.88. The van der Waals surface area contributed by atoms with Crippen LogP contribution in [0.5, 0.6) is 5.75 Å². The summed E-state index contributed by atoms with van der Waals surface area (Å²) in [6.45, 7) is 8.02. The van der Waals surface area contributed by atoms with Crippen LogP contribution in [0.15, 0.2) is 41.3 Å². The fourth-order valence-corrected chi connectivity index (χ4v) is 2.21. The lowest BCUT2D eigenvalue weighted by molar-refractivity contribution is 0.340. The third-order valence-corrected chi connectivity index (χ3v) is 3.31. The molecule has 0 spiro atoms. The Morgan fingerprint density at radius 3 is 2.52 bits per heavy atom. The van der Waals surface area contributed by atoms with Crippen molar-refractivity contribution in [2.75, 3.05) is 13.2 Å². The van der Waals surface area contributed by atoms with Crippen LogP contribution in [0.25, 0.3) is 5.69 Å². The molecule has 0 atom stereocenters. The van der Waals surface area contributed by atoms with E-state index in [4.69, 9.17) is 4.74 Å². The van der Waals surface area contributed by atoms with E-state index in [1.165, 1.54) is 0 Å². The number of aromatic nitrogens is 1. The average molecular weight is 286 g/mol. The molecule has 0 amide bonds. The fraction of sp³-hybridized carbons (Fsp3) is 0.353. The molecule has 2 rings (SSSR count). The summed E-state index contributed by atoms with van der Waals surface area (Å²) in [5.74, 6) is 0.854. The Balaban J connectivity index is 2.35. The highest BCUT2D eigenvalue weighted by Crippen LogP contribution is 2.16. The van der Waals surface area contributed by atoms with Crippen LogP contribution >= 0.6 is 0 Å². The van der Waals surface area contributed by atoms with Crippen molar-refractivity contribution in [1.29, 1.82) is 0 Å². The molecule has 2 aromatic rings. The zero-order chi connectivity index (χ0) is 15.2. The highest BCUT2D eigenvalue weighted by molar-refractivity contribution is 5.39. The summed E-state index contributed by atoms with van der Waals surface area (Å²) in [5.41, 5.74) is 2.80. The van der Waals surface area contributed by atoms with Gasteiger partial charge in [0.2, 0.25) is 0 Å². The van der Waals surface area contributed by atoms with E-state index in [9.17, 15) is 4.79 Å². The van der Waals surface area contributed by atoms with E-state index in [0.717, 1.165) is 29.2 Å². The van der Waals surface area contributed by atoms with Gasteiger partial charge < -0.3 is 14.6 Å². The molecule has 0 bridgehead atoms. The minimum absolute atomic E-state index is 0.0793. The number of nitrogens with zero attached hydrogens (tertiary/aromatic N) is 1. The van der Waals surface area contributed by atoms with Gasteiger partial charge in [0.05, 0.1) is 6.61 Å². The summed E-state index contributed by atoms with van der Waals surface area (Å²) >= 11 is 0. The highest BCUT2D eigenvalue weighted by atomic mass is 16.5. The maximum Gasteiger partial charge on any atom is 0.186 e. The number of nitrogens with one attached hydrogen (secondary N) is 1. The van der Waals surface area contributed by atoms with Crippen LogP contribution in [0.3, 0.4) is 0 Å². The number of aryl methyl sites for hydroxylation is 1. The van der Waals surface area contributed by atoms with Crippen molar-refractivity contribution in [3.8, 4) is 11.4 Å². The van der Waals surface area contributed by atoms with Gasteiger partial charge in [-0.05, 0) is 44.7 Å². The molecule has 0 unspecified atom stereocenters. The molecule has 112 valence electrons. The molecule has 4 nitrogen and oxygen atoms in total. The Morgan fingerprint density at radius 2 is 1.90 bits per heavy atom. The van der Waals surface area contributed by atoms with Crippen LogP contribution in [0.1, 0.15) is 25.1 Å². The number of benzene rings is 1. The summed E-state index contributed by atoms with van der Waals surface area (Å²) in [6.07, 6.45) is 1.91. The number of ether oxygens (including phenoxy) is 1. The molecular weight excluding hydrogens is 264 g/mol. The Bertz CT molecular complexity index is 645. The zero-order valence-corrected chi connectivity index (χ0v) is 12.8. The van der Waals surface area contributed by atoms with Crippen LogP contribution in [0, 0.1) is 6.92 Å². The lowest BCUT2D eigenvalue weighted by Gasteiger charge is -2.13. The van der Waals surface area contributed by atoms with Crippen molar-refractivity contribution in [2.45, 2.75) is 27.3 Å². The van der Waals surface area contributed by atoms with E-state index >= 15 is 0 Å². The number of hydrogen-bond acceptors (Lipinski definition) is 3. The Kier molecular flexibility index (Phi) is 5.17. The number of rotatable bonds is 6. The van der Waals surface area contributed by atoms with Gasteiger partial charge >= 0.3 is 0 Å². The predicted molar refractivity (Wildman–Crippen MR) is 85.3 cm³/mol. The average Bonchev–Trinajstić information content (AvgIpc) is 2.48. The van der Waals surface area contributed by atoms with Crippen molar-refractivity contribution in [1.82, 2.24) is 9.88 Å². The molecule has 1 aromatic carbocycles. The second-order valence-electron chi connectivity index (χ2n) is 4.88. The molecule has 0 aliphatic heterocycles. The third kappa shape index (κ3) is 3.73. The van der Waals surface area contributed by atoms with Gasteiger partial charge in [0.15, 0.2) is 5.43 Å². The predicted octanol–water partition coefficient (Wildman–Crippen LogP) is 2.65. The third-order valence-electron chi connectivity index (χ3n) is 3.31. The topological polar surface area (TPSA) is 43.3 Å². The van der Waals surface area contributed by atoms with Crippen LogP contribution < -0.4 is 15.5 Å². The van der Waals surface area contributed by atoms with Gasteiger partial charge in [0.25, 0.3) is 0 Å². The molecule has 0 fully saturated rings. The molecular formula is C17H22N2O2. The summed E-state index contributed by atoms with van der Waals surface area (Å²) in [7, 11) is 0. The first-order chi connectivity index (χ1) is 10.2. The lowest BCUT2D eigenvalue weighted by atomic mass is 10.2. The van der Waals surface area contributed by atoms with E-state index in [1.54, 1.807) is 6.07 Å². The molecule has 21 heavy (non-hydrogen) atoms. The van der Waals surface area contributed by atoms with Gasteiger partial charge in [-0.15, -0.1) is 0 Å². The first kappa shape index (κ1) is 15.3. The van der Waals surface area contributed by atoms with E-state index in [-0.39, 0.29) is 5.43 Å². The normalized spacial score (nSPS) is 10.6. The molecule has 0 aliphatic rings. The second kappa shape index (κ2) is 7.09. The molecule has 0 saturated carbocycles. The van der Waals surface area contributed by atoms with Crippen molar-refractivity contribution in [3.63, 3.8) is 0 Å². The first-order valence-corrected chi connectivity index (χ1v) is 7.31. The molecule has 0 aliphatic carbocycles. The van der Waals surface area contributed by atoms with E-state index < -0.39 is 0 Å². The molecule has 0 saturated heterocycles. The van der Waals surface area contributed by atoms with Crippen LogP contribution in [-0.4, -0.2) is 17.7 Å². The minimum Gasteiger partial charge on any atom is -0.494 e. The monoisotopic (exact) mass is 286 g/mol. The molecule has 1 heterocycles. The lowest BCUT2D eigenvalue weighted by Crippen LogP contribution is -2.21. The maximum atomic E-state index is 12.0.